The lowest BCUT2D eigenvalue weighted by Gasteiger charge is -2.06. The predicted octanol–water partition coefficient (Wildman–Crippen LogP) is 4.43. The number of furan rings is 1. The highest BCUT2D eigenvalue weighted by Crippen LogP contribution is 2.13. The quantitative estimate of drug-likeness (QED) is 0.585. The van der Waals surface area contributed by atoms with Crippen molar-refractivity contribution in [3.05, 3.63) is 24.2 Å². The Morgan fingerprint density at radius 3 is 2.79 bits per heavy atom. The van der Waals surface area contributed by atoms with E-state index < -0.39 is 0 Å². The molecule has 0 spiro atoms. The van der Waals surface area contributed by atoms with Crippen molar-refractivity contribution in [2.45, 2.75) is 52.4 Å². The van der Waals surface area contributed by atoms with E-state index in [9.17, 15) is 0 Å². The van der Waals surface area contributed by atoms with Crippen molar-refractivity contribution in [1.29, 1.82) is 0 Å². The molecule has 1 unspecified atom stereocenters. The number of rotatable bonds is 7. The average Bonchev–Trinajstić information content (AvgIpc) is 2.69. The van der Waals surface area contributed by atoms with Crippen molar-refractivity contribution in [1.82, 2.24) is 0 Å². The van der Waals surface area contributed by atoms with Crippen molar-refractivity contribution in [2.75, 3.05) is 0 Å². The summed E-state index contributed by atoms with van der Waals surface area (Å²) in [6.07, 6.45) is 9.54. The summed E-state index contributed by atoms with van der Waals surface area (Å²) < 4.78 is 5.28. The van der Waals surface area contributed by atoms with Gasteiger partial charge in [0.25, 0.3) is 0 Å². The third-order valence-corrected chi connectivity index (χ3v) is 2.90. The smallest absolute Gasteiger partial charge is 0.103 e. The Bertz CT molecular complexity index is 213. The molecule has 0 aliphatic carbocycles. The summed E-state index contributed by atoms with van der Waals surface area (Å²) in [4.78, 5) is 0. The maximum atomic E-state index is 5.28. The Hall–Kier alpha value is -0.720. The van der Waals surface area contributed by atoms with E-state index in [-0.39, 0.29) is 0 Å². The molecule has 0 saturated heterocycles. The first-order valence-electron chi connectivity index (χ1n) is 5.85. The van der Waals surface area contributed by atoms with E-state index in [2.05, 4.69) is 19.9 Å². The maximum Gasteiger partial charge on any atom is 0.103 e. The summed E-state index contributed by atoms with van der Waals surface area (Å²) in [5, 5.41) is 0. The average molecular weight is 194 g/mol. The number of hydrogen-bond acceptors (Lipinski definition) is 1. The van der Waals surface area contributed by atoms with Crippen LogP contribution in [0.25, 0.3) is 0 Å². The lowest BCUT2D eigenvalue weighted by Crippen LogP contribution is -1.92. The predicted molar refractivity (Wildman–Crippen MR) is 60.3 cm³/mol. The first kappa shape index (κ1) is 11.4. The molecule has 1 aromatic heterocycles. The molecule has 1 heteroatoms. The highest BCUT2D eigenvalue weighted by Gasteiger charge is 1.99. The Morgan fingerprint density at radius 2 is 2.14 bits per heavy atom. The van der Waals surface area contributed by atoms with Crippen LogP contribution in [-0.2, 0) is 6.42 Å². The molecule has 1 nitrogen and oxygen atoms in total. The van der Waals surface area contributed by atoms with Crippen LogP contribution in [0.5, 0.6) is 0 Å². The fourth-order valence-corrected chi connectivity index (χ4v) is 1.63. The largest absolute Gasteiger partial charge is 0.469 e. The number of unbranched alkanes of at least 4 members (excludes halogenated alkanes) is 2. The first-order chi connectivity index (χ1) is 6.83. The van der Waals surface area contributed by atoms with Gasteiger partial charge in [0, 0.05) is 6.42 Å². The molecule has 0 bridgehead atoms. The monoisotopic (exact) mass is 194 g/mol. The molecule has 0 N–H and O–H groups in total. The van der Waals surface area contributed by atoms with Gasteiger partial charge in [0.15, 0.2) is 0 Å². The van der Waals surface area contributed by atoms with Crippen LogP contribution in [0.4, 0.5) is 0 Å². The van der Waals surface area contributed by atoms with E-state index in [4.69, 9.17) is 4.42 Å². The van der Waals surface area contributed by atoms with Gasteiger partial charge in [-0.2, -0.15) is 0 Å². The van der Waals surface area contributed by atoms with E-state index in [1.807, 2.05) is 6.07 Å². The molecule has 14 heavy (non-hydrogen) atoms. The minimum absolute atomic E-state index is 0.901. The summed E-state index contributed by atoms with van der Waals surface area (Å²) in [6.45, 7) is 4.61. The van der Waals surface area contributed by atoms with Crippen molar-refractivity contribution < 1.29 is 4.42 Å². The zero-order valence-corrected chi connectivity index (χ0v) is 9.46. The highest BCUT2D eigenvalue weighted by molar-refractivity contribution is 4.97. The van der Waals surface area contributed by atoms with Gasteiger partial charge in [0.1, 0.15) is 5.76 Å². The first-order valence-corrected chi connectivity index (χ1v) is 5.85. The highest BCUT2D eigenvalue weighted by atomic mass is 16.3. The number of hydrogen-bond donors (Lipinski definition) is 0. The minimum Gasteiger partial charge on any atom is -0.469 e. The van der Waals surface area contributed by atoms with Crippen LogP contribution in [0.3, 0.4) is 0 Å². The molecule has 0 aromatic carbocycles. The van der Waals surface area contributed by atoms with Gasteiger partial charge in [0.05, 0.1) is 6.26 Å². The van der Waals surface area contributed by atoms with Gasteiger partial charge in [-0.05, 0) is 24.5 Å². The third kappa shape index (κ3) is 4.50. The fraction of sp³-hybridized carbons (Fsp3) is 0.692. The molecular formula is C13H22O. The van der Waals surface area contributed by atoms with Crippen LogP contribution in [0.2, 0.25) is 0 Å². The molecule has 1 heterocycles. The van der Waals surface area contributed by atoms with Crippen LogP contribution in [0.1, 0.15) is 51.7 Å². The van der Waals surface area contributed by atoms with E-state index in [1.54, 1.807) is 6.26 Å². The molecule has 0 radical (unpaired) electrons. The zero-order chi connectivity index (χ0) is 10.2. The van der Waals surface area contributed by atoms with Crippen molar-refractivity contribution >= 4 is 0 Å². The third-order valence-electron chi connectivity index (χ3n) is 2.90. The van der Waals surface area contributed by atoms with Crippen LogP contribution in [-0.4, -0.2) is 0 Å². The molecule has 0 fully saturated rings. The minimum atomic E-state index is 0.901. The van der Waals surface area contributed by atoms with Gasteiger partial charge >= 0.3 is 0 Å². The lowest BCUT2D eigenvalue weighted by molar-refractivity contribution is 0.462. The van der Waals surface area contributed by atoms with Crippen molar-refractivity contribution in [2.24, 2.45) is 5.92 Å². The lowest BCUT2D eigenvalue weighted by atomic mass is 10.0. The van der Waals surface area contributed by atoms with Crippen LogP contribution < -0.4 is 0 Å². The molecule has 0 saturated carbocycles. The van der Waals surface area contributed by atoms with Gasteiger partial charge < -0.3 is 4.42 Å². The second kappa shape index (κ2) is 6.69. The molecular weight excluding hydrogens is 172 g/mol. The fourth-order valence-electron chi connectivity index (χ4n) is 1.63. The van der Waals surface area contributed by atoms with Crippen LogP contribution in [0.15, 0.2) is 22.8 Å². The van der Waals surface area contributed by atoms with Crippen molar-refractivity contribution in [3.63, 3.8) is 0 Å². The standard InChI is InChI=1S/C13H22O/c1-3-12(2)8-5-4-6-9-13-10-7-11-14-13/h7,10-12H,3-6,8-9H2,1-2H3. The van der Waals surface area contributed by atoms with E-state index in [0.29, 0.717) is 0 Å². The van der Waals surface area contributed by atoms with Crippen LogP contribution in [0, 0.1) is 5.92 Å². The molecule has 1 atom stereocenters. The van der Waals surface area contributed by atoms with Gasteiger partial charge in [-0.3, -0.25) is 0 Å². The summed E-state index contributed by atoms with van der Waals surface area (Å²) >= 11 is 0. The molecule has 1 rings (SSSR count). The SMILES string of the molecule is CCC(C)CCCCCc1ccco1. The Balaban J connectivity index is 1.95. The van der Waals surface area contributed by atoms with Crippen LogP contribution >= 0.6 is 0 Å². The molecule has 1 aromatic rings. The Morgan fingerprint density at radius 1 is 1.29 bits per heavy atom. The summed E-state index contributed by atoms with van der Waals surface area (Å²) in [5.41, 5.74) is 0. The normalized spacial score (nSPS) is 13.0. The summed E-state index contributed by atoms with van der Waals surface area (Å²) in [6, 6.07) is 4.03. The van der Waals surface area contributed by atoms with E-state index in [0.717, 1.165) is 18.1 Å². The van der Waals surface area contributed by atoms with Gasteiger partial charge in [0.2, 0.25) is 0 Å². The summed E-state index contributed by atoms with van der Waals surface area (Å²) in [7, 11) is 0. The topological polar surface area (TPSA) is 13.1 Å². The van der Waals surface area contributed by atoms with Crippen molar-refractivity contribution in [3.8, 4) is 0 Å². The molecule has 0 aliphatic heterocycles. The maximum absolute atomic E-state index is 5.28. The number of aryl methyl sites for hydroxylation is 1. The molecule has 0 amide bonds. The Kier molecular flexibility index (Phi) is 5.43. The molecule has 0 aliphatic rings. The van der Waals surface area contributed by atoms with Gasteiger partial charge in [-0.15, -0.1) is 0 Å². The summed E-state index contributed by atoms with van der Waals surface area (Å²) in [5.74, 6) is 2.03. The van der Waals surface area contributed by atoms with E-state index in [1.165, 1.54) is 32.1 Å². The van der Waals surface area contributed by atoms with Gasteiger partial charge in [-0.25, -0.2) is 0 Å². The second-order valence-electron chi connectivity index (χ2n) is 4.19. The molecule has 80 valence electrons. The zero-order valence-electron chi connectivity index (χ0n) is 9.46. The van der Waals surface area contributed by atoms with Gasteiger partial charge in [-0.1, -0.05) is 39.5 Å². The van der Waals surface area contributed by atoms with E-state index >= 15 is 0 Å². The Labute approximate surface area is 87.5 Å². The second-order valence-corrected chi connectivity index (χ2v) is 4.19.